The second kappa shape index (κ2) is 6.40. The molecule has 2 amide bonds. The molecule has 0 bridgehead atoms. The number of amides is 2. The Morgan fingerprint density at radius 2 is 1.79 bits per heavy atom. The van der Waals surface area contributed by atoms with Gasteiger partial charge in [0.05, 0.1) is 0 Å². The number of nitrogens with zero attached hydrogens (tertiary/aromatic N) is 1. The van der Waals surface area contributed by atoms with Crippen molar-refractivity contribution in [2.24, 2.45) is 11.8 Å². The molecule has 1 heterocycles. The molecule has 0 unspecified atom stereocenters. The first-order valence-electron chi connectivity index (χ1n) is 7.67. The summed E-state index contributed by atoms with van der Waals surface area (Å²) in [7, 11) is 0. The average Bonchev–Trinajstić information content (AvgIpc) is 3.22. The molecular formula is C15H26N2O2. The maximum atomic E-state index is 12.5. The standard InChI is InChI=1S/C15H26N2O2/c1-11(2)10-13(16-14(18)12-6-7-12)15(19)17-8-4-3-5-9-17/h11-13H,3-10H2,1-2H3,(H,16,18)/t13-/m1/s1. The van der Waals surface area contributed by atoms with E-state index in [1.807, 2.05) is 4.90 Å². The fraction of sp³-hybridized carbons (Fsp3) is 0.867. The summed E-state index contributed by atoms with van der Waals surface area (Å²) in [6.45, 7) is 5.90. The van der Waals surface area contributed by atoms with Gasteiger partial charge in [-0.3, -0.25) is 9.59 Å². The fourth-order valence-electron chi connectivity index (χ4n) is 2.66. The van der Waals surface area contributed by atoms with E-state index in [9.17, 15) is 9.59 Å². The number of hydrogen-bond donors (Lipinski definition) is 1. The van der Waals surface area contributed by atoms with Crippen molar-refractivity contribution in [1.29, 1.82) is 0 Å². The minimum absolute atomic E-state index is 0.0796. The quantitative estimate of drug-likeness (QED) is 0.826. The molecule has 4 heteroatoms. The van der Waals surface area contributed by atoms with Gasteiger partial charge >= 0.3 is 0 Å². The van der Waals surface area contributed by atoms with E-state index < -0.39 is 0 Å². The van der Waals surface area contributed by atoms with E-state index in [0.717, 1.165) is 45.2 Å². The molecule has 2 aliphatic rings. The number of rotatable bonds is 5. The van der Waals surface area contributed by atoms with Crippen LogP contribution in [0.15, 0.2) is 0 Å². The van der Waals surface area contributed by atoms with Gasteiger partial charge in [-0.15, -0.1) is 0 Å². The second-order valence-corrected chi connectivity index (χ2v) is 6.35. The minimum Gasteiger partial charge on any atom is -0.344 e. The van der Waals surface area contributed by atoms with E-state index in [0.29, 0.717) is 5.92 Å². The molecule has 1 aliphatic heterocycles. The highest BCUT2D eigenvalue weighted by Crippen LogP contribution is 2.29. The van der Waals surface area contributed by atoms with Crippen molar-refractivity contribution in [3.63, 3.8) is 0 Å². The Bertz CT molecular complexity index is 331. The summed E-state index contributed by atoms with van der Waals surface area (Å²) < 4.78 is 0. The fourth-order valence-corrected chi connectivity index (χ4v) is 2.66. The van der Waals surface area contributed by atoms with Crippen LogP contribution in [0, 0.1) is 11.8 Å². The predicted octanol–water partition coefficient (Wildman–Crippen LogP) is 1.94. The third-order valence-corrected chi connectivity index (χ3v) is 3.94. The van der Waals surface area contributed by atoms with Crippen LogP contribution in [-0.2, 0) is 9.59 Å². The number of nitrogens with one attached hydrogen (secondary N) is 1. The molecule has 4 nitrogen and oxygen atoms in total. The first-order chi connectivity index (χ1) is 9.08. The molecule has 1 atom stereocenters. The van der Waals surface area contributed by atoms with Crippen LogP contribution in [0.4, 0.5) is 0 Å². The molecule has 0 radical (unpaired) electrons. The Labute approximate surface area is 115 Å². The first kappa shape index (κ1) is 14.4. The van der Waals surface area contributed by atoms with Gasteiger partial charge < -0.3 is 10.2 Å². The Morgan fingerprint density at radius 1 is 1.16 bits per heavy atom. The van der Waals surface area contributed by atoms with Gasteiger partial charge in [0.1, 0.15) is 6.04 Å². The lowest BCUT2D eigenvalue weighted by atomic mass is 10.0. The summed E-state index contributed by atoms with van der Waals surface area (Å²) in [5.41, 5.74) is 0. The van der Waals surface area contributed by atoms with Gasteiger partial charge in [-0.1, -0.05) is 13.8 Å². The molecule has 1 aliphatic carbocycles. The smallest absolute Gasteiger partial charge is 0.245 e. The largest absolute Gasteiger partial charge is 0.344 e. The van der Waals surface area contributed by atoms with Crippen LogP contribution in [-0.4, -0.2) is 35.8 Å². The van der Waals surface area contributed by atoms with E-state index in [1.165, 1.54) is 6.42 Å². The number of piperidine rings is 1. The zero-order chi connectivity index (χ0) is 13.8. The Balaban J connectivity index is 1.94. The summed E-state index contributed by atoms with van der Waals surface area (Å²) in [5.74, 6) is 0.792. The predicted molar refractivity (Wildman–Crippen MR) is 74.5 cm³/mol. The number of carbonyl (C=O) groups excluding carboxylic acids is 2. The highest BCUT2D eigenvalue weighted by molar-refractivity contribution is 5.89. The zero-order valence-corrected chi connectivity index (χ0v) is 12.2. The molecule has 0 aromatic carbocycles. The number of carbonyl (C=O) groups is 2. The van der Waals surface area contributed by atoms with E-state index in [2.05, 4.69) is 19.2 Å². The summed E-state index contributed by atoms with van der Waals surface area (Å²) in [4.78, 5) is 26.4. The van der Waals surface area contributed by atoms with Crippen LogP contribution in [0.5, 0.6) is 0 Å². The van der Waals surface area contributed by atoms with Gasteiger partial charge in [-0.25, -0.2) is 0 Å². The topological polar surface area (TPSA) is 49.4 Å². The third-order valence-electron chi connectivity index (χ3n) is 3.94. The SMILES string of the molecule is CC(C)C[C@@H](NC(=O)C1CC1)C(=O)N1CCCCC1. The summed E-state index contributed by atoms with van der Waals surface area (Å²) in [5, 5.41) is 2.98. The van der Waals surface area contributed by atoms with Crippen molar-refractivity contribution in [3.8, 4) is 0 Å². The summed E-state index contributed by atoms with van der Waals surface area (Å²) in [6.07, 6.45) is 6.12. The third kappa shape index (κ3) is 4.22. The minimum atomic E-state index is -0.314. The maximum Gasteiger partial charge on any atom is 0.245 e. The highest BCUT2D eigenvalue weighted by atomic mass is 16.2. The van der Waals surface area contributed by atoms with Crippen LogP contribution in [0.1, 0.15) is 52.4 Å². The van der Waals surface area contributed by atoms with Gasteiger partial charge in [0.25, 0.3) is 0 Å². The van der Waals surface area contributed by atoms with Gasteiger partial charge in [0.2, 0.25) is 11.8 Å². The molecule has 1 saturated heterocycles. The normalized spacial score (nSPS) is 21.3. The van der Waals surface area contributed by atoms with Gasteiger partial charge in [0, 0.05) is 19.0 Å². The van der Waals surface area contributed by atoms with Crippen LogP contribution >= 0.6 is 0 Å². The number of likely N-dealkylation sites (tertiary alicyclic amines) is 1. The van der Waals surface area contributed by atoms with Crippen molar-refractivity contribution >= 4 is 11.8 Å². The van der Waals surface area contributed by atoms with Crippen molar-refractivity contribution < 1.29 is 9.59 Å². The van der Waals surface area contributed by atoms with E-state index >= 15 is 0 Å². The monoisotopic (exact) mass is 266 g/mol. The second-order valence-electron chi connectivity index (χ2n) is 6.35. The molecule has 2 rings (SSSR count). The summed E-state index contributed by atoms with van der Waals surface area (Å²) in [6, 6.07) is -0.314. The zero-order valence-electron chi connectivity index (χ0n) is 12.2. The van der Waals surface area contributed by atoms with Crippen LogP contribution in [0.25, 0.3) is 0 Å². The Morgan fingerprint density at radius 3 is 2.32 bits per heavy atom. The van der Waals surface area contributed by atoms with Gasteiger partial charge in [-0.2, -0.15) is 0 Å². The van der Waals surface area contributed by atoms with Crippen molar-refractivity contribution in [2.45, 2.75) is 58.4 Å². The molecule has 0 spiro atoms. The molecule has 108 valence electrons. The molecule has 19 heavy (non-hydrogen) atoms. The van der Waals surface area contributed by atoms with Crippen LogP contribution in [0.2, 0.25) is 0 Å². The van der Waals surface area contributed by atoms with Gasteiger partial charge in [0.15, 0.2) is 0 Å². The highest BCUT2D eigenvalue weighted by Gasteiger charge is 2.34. The van der Waals surface area contributed by atoms with Crippen molar-refractivity contribution in [2.75, 3.05) is 13.1 Å². The Hall–Kier alpha value is -1.06. The lowest BCUT2D eigenvalue weighted by molar-refractivity contribution is -0.138. The maximum absolute atomic E-state index is 12.5. The Kier molecular flexibility index (Phi) is 4.83. The van der Waals surface area contributed by atoms with Crippen LogP contribution < -0.4 is 5.32 Å². The van der Waals surface area contributed by atoms with E-state index in [1.54, 1.807) is 0 Å². The van der Waals surface area contributed by atoms with Crippen molar-refractivity contribution in [1.82, 2.24) is 10.2 Å². The molecule has 1 N–H and O–H groups in total. The molecule has 1 saturated carbocycles. The van der Waals surface area contributed by atoms with Crippen molar-refractivity contribution in [3.05, 3.63) is 0 Å². The lowest BCUT2D eigenvalue weighted by Gasteiger charge is -2.31. The average molecular weight is 266 g/mol. The molecular weight excluding hydrogens is 240 g/mol. The molecule has 0 aromatic rings. The van der Waals surface area contributed by atoms with Crippen LogP contribution in [0.3, 0.4) is 0 Å². The van der Waals surface area contributed by atoms with E-state index in [4.69, 9.17) is 0 Å². The lowest BCUT2D eigenvalue weighted by Crippen LogP contribution is -2.50. The number of hydrogen-bond acceptors (Lipinski definition) is 2. The van der Waals surface area contributed by atoms with Gasteiger partial charge in [-0.05, 0) is 44.4 Å². The summed E-state index contributed by atoms with van der Waals surface area (Å²) >= 11 is 0. The van der Waals surface area contributed by atoms with E-state index in [-0.39, 0.29) is 23.8 Å². The molecule has 0 aromatic heterocycles. The first-order valence-corrected chi connectivity index (χ1v) is 7.67. The molecule has 2 fully saturated rings.